The van der Waals surface area contributed by atoms with Gasteiger partial charge in [0.1, 0.15) is 0 Å². The molecule has 0 rings (SSSR count). The highest BCUT2D eigenvalue weighted by atomic mass is 16.2. The van der Waals surface area contributed by atoms with Crippen molar-refractivity contribution in [2.24, 2.45) is 5.92 Å². The summed E-state index contributed by atoms with van der Waals surface area (Å²) in [5.41, 5.74) is 1.25. The van der Waals surface area contributed by atoms with Gasteiger partial charge in [0.25, 0.3) is 0 Å². The van der Waals surface area contributed by atoms with Gasteiger partial charge < -0.3 is 4.90 Å². The van der Waals surface area contributed by atoms with Crippen LogP contribution in [0.2, 0.25) is 0 Å². The number of hydrogen-bond donors (Lipinski definition) is 0. The first-order valence-corrected chi connectivity index (χ1v) is 4.94. The smallest absolute Gasteiger partial charge is 0.245 e. The molecule has 0 aromatic carbocycles. The van der Waals surface area contributed by atoms with Gasteiger partial charge in [-0.15, -0.1) is 0 Å². The summed E-state index contributed by atoms with van der Waals surface area (Å²) < 4.78 is 0. The number of carbonyl (C=O) groups is 1. The van der Waals surface area contributed by atoms with E-state index in [0.29, 0.717) is 5.92 Å². The molecule has 0 aromatic rings. The Morgan fingerprint density at radius 3 is 2.23 bits per heavy atom. The molecule has 0 radical (unpaired) electrons. The highest BCUT2D eigenvalue weighted by Crippen LogP contribution is 2.17. The van der Waals surface area contributed by atoms with Crippen LogP contribution in [0.5, 0.6) is 0 Å². The molecule has 0 aromatic heterocycles. The minimum atomic E-state index is 0.0946. The largest absolute Gasteiger partial charge is 0.345 e. The van der Waals surface area contributed by atoms with Gasteiger partial charge in [0.2, 0.25) is 5.91 Å². The van der Waals surface area contributed by atoms with Crippen LogP contribution in [0, 0.1) is 5.92 Å². The van der Waals surface area contributed by atoms with Crippen LogP contribution in [0.1, 0.15) is 33.6 Å². The topological polar surface area (TPSA) is 20.3 Å². The molecule has 0 aliphatic heterocycles. The molecule has 2 heteroatoms. The third kappa shape index (κ3) is 4.11. The average Bonchev–Trinajstić information content (AvgIpc) is 2.12. The van der Waals surface area contributed by atoms with Gasteiger partial charge in [0, 0.05) is 20.2 Å². The predicted octanol–water partition coefficient (Wildman–Crippen LogP) is 2.46. The van der Waals surface area contributed by atoms with E-state index in [1.807, 2.05) is 0 Å². The minimum Gasteiger partial charge on any atom is -0.345 e. The van der Waals surface area contributed by atoms with Crippen LogP contribution in [0.3, 0.4) is 0 Å². The Morgan fingerprint density at radius 1 is 1.38 bits per heavy atom. The minimum absolute atomic E-state index is 0.0946. The Morgan fingerprint density at radius 2 is 1.92 bits per heavy atom. The van der Waals surface area contributed by atoms with Gasteiger partial charge in [-0.25, -0.2) is 0 Å². The van der Waals surface area contributed by atoms with E-state index in [1.165, 1.54) is 5.57 Å². The predicted molar refractivity (Wildman–Crippen MR) is 56.5 cm³/mol. The number of carbonyl (C=O) groups excluding carboxylic acids is 1. The summed E-state index contributed by atoms with van der Waals surface area (Å²) in [4.78, 5) is 13.0. The Hall–Kier alpha value is -0.790. The summed E-state index contributed by atoms with van der Waals surface area (Å²) in [5, 5.41) is 0. The van der Waals surface area contributed by atoms with E-state index >= 15 is 0 Å². The number of hydrogen-bond acceptors (Lipinski definition) is 1. The van der Waals surface area contributed by atoms with Crippen LogP contribution < -0.4 is 0 Å². The molecule has 1 atom stereocenters. The van der Waals surface area contributed by atoms with Crippen LogP contribution in [0.15, 0.2) is 11.6 Å². The Bertz CT molecular complexity index is 194. The lowest BCUT2D eigenvalue weighted by Crippen LogP contribution is -2.20. The fourth-order valence-corrected chi connectivity index (χ4v) is 1.14. The molecule has 0 N–H and O–H groups in total. The van der Waals surface area contributed by atoms with Crippen molar-refractivity contribution in [3.05, 3.63) is 11.6 Å². The van der Waals surface area contributed by atoms with Gasteiger partial charge in [-0.1, -0.05) is 26.3 Å². The first-order valence-electron chi connectivity index (χ1n) is 4.94. The fourth-order valence-electron chi connectivity index (χ4n) is 1.14. The molecule has 13 heavy (non-hydrogen) atoms. The molecular weight excluding hydrogens is 162 g/mol. The van der Waals surface area contributed by atoms with Gasteiger partial charge in [0.05, 0.1) is 0 Å². The summed E-state index contributed by atoms with van der Waals surface area (Å²) in [5.74, 6) is 0.617. The van der Waals surface area contributed by atoms with Gasteiger partial charge in [0.15, 0.2) is 0 Å². The second kappa shape index (κ2) is 5.79. The summed E-state index contributed by atoms with van der Waals surface area (Å²) in [6, 6.07) is 0. The molecule has 0 spiro atoms. The van der Waals surface area contributed by atoms with Gasteiger partial charge in [-0.2, -0.15) is 0 Å². The van der Waals surface area contributed by atoms with Gasteiger partial charge >= 0.3 is 0 Å². The van der Waals surface area contributed by atoms with Crippen LogP contribution in [0.4, 0.5) is 0 Å². The molecule has 0 aliphatic rings. The highest BCUT2D eigenvalue weighted by molar-refractivity contribution is 5.87. The first kappa shape index (κ1) is 12.2. The zero-order valence-corrected chi connectivity index (χ0v) is 9.42. The molecular formula is C11H21NO. The maximum atomic E-state index is 11.4. The van der Waals surface area contributed by atoms with Crippen LogP contribution in [0.25, 0.3) is 0 Å². The molecule has 0 heterocycles. The van der Waals surface area contributed by atoms with Crippen LogP contribution in [-0.4, -0.2) is 24.9 Å². The second-order valence-electron chi connectivity index (χ2n) is 3.61. The van der Waals surface area contributed by atoms with Crippen LogP contribution in [-0.2, 0) is 4.79 Å². The van der Waals surface area contributed by atoms with E-state index in [0.717, 1.165) is 12.8 Å². The van der Waals surface area contributed by atoms with Crippen LogP contribution >= 0.6 is 0 Å². The highest BCUT2D eigenvalue weighted by Gasteiger charge is 2.07. The number of likely N-dealkylation sites (N-methyl/N-ethyl adjacent to an activating group) is 1. The van der Waals surface area contributed by atoms with Crippen molar-refractivity contribution >= 4 is 5.91 Å². The number of allylic oxidation sites excluding steroid dienone is 1. The molecule has 76 valence electrons. The van der Waals surface area contributed by atoms with E-state index in [1.54, 1.807) is 25.1 Å². The van der Waals surface area contributed by atoms with Crippen molar-refractivity contribution in [1.29, 1.82) is 0 Å². The molecule has 0 bridgehead atoms. The summed E-state index contributed by atoms with van der Waals surface area (Å²) in [7, 11) is 3.56. The molecule has 0 saturated carbocycles. The lowest BCUT2D eigenvalue weighted by atomic mass is 9.96. The summed E-state index contributed by atoms with van der Waals surface area (Å²) in [6.07, 6.45) is 3.84. The number of rotatable bonds is 4. The van der Waals surface area contributed by atoms with E-state index in [-0.39, 0.29) is 5.91 Å². The standard InChI is InChI=1S/C11H21NO/c1-6-9(3)10(7-2)8-11(13)12(4)5/h8-9H,6-7H2,1-5H3. The quantitative estimate of drug-likeness (QED) is 0.613. The first-order chi connectivity index (χ1) is 6.02. The van der Waals surface area contributed by atoms with Crippen molar-refractivity contribution in [3.8, 4) is 0 Å². The van der Waals surface area contributed by atoms with Crippen molar-refractivity contribution in [2.75, 3.05) is 14.1 Å². The Labute approximate surface area is 81.6 Å². The molecule has 1 amide bonds. The zero-order valence-electron chi connectivity index (χ0n) is 9.42. The lowest BCUT2D eigenvalue weighted by molar-refractivity contribution is -0.123. The fraction of sp³-hybridized carbons (Fsp3) is 0.727. The lowest BCUT2D eigenvalue weighted by Gasteiger charge is -2.13. The van der Waals surface area contributed by atoms with Crippen molar-refractivity contribution in [1.82, 2.24) is 4.90 Å². The molecule has 0 aliphatic carbocycles. The van der Waals surface area contributed by atoms with E-state index in [2.05, 4.69) is 20.8 Å². The Kier molecular flexibility index (Phi) is 5.44. The van der Waals surface area contributed by atoms with Gasteiger partial charge in [-0.05, 0) is 18.8 Å². The number of nitrogens with zero attached hydrogens (tertiary/aromatic N) is 1. The maximum absolute atomic E-state index is 11.4. The van der Waals surface area contributed by atoms with E-state index < -0.39 is 0 Å². The molecule has 2 nitrogen and oxygen atoms in total. The molecule has 1 unspecified atom stereocenters. The third-order valence-electron chi connectivity index (χ3n) is 2.40. The SMILES string of the molecule is CCC(=CC(=O)N(C)C)C(C)CC. The average molecular weight is 183 g/mol. The van der Waals surface area contributed by atoms with Crippen molar-refractivity contribution < 1.29 is 4.79 Å². The van der Waals surface area contributed by atoms with E-state index in [4.69, 9.17) is 0 Å². The normalized spacial score (nSPS) is 14.1. The van der Waals surface area contributed by atoms with E-state index in [9.17, 15) is 4.79 Å². The summed E-state index contributed by atoms with van der Waals surface area (Å²) >= 11 is 0. The number of amides is 1. The third-order valence-corrected chi connectivity index (χ3v) is 2.40. The second-order valence-corrected chi connectivity index (χ2v) is 3.61. The maximum Gasteiger partial charge on any atom is 0.245 e. The monoisotopic (exact) mass is 183 g/mol. The van der Waals surface area contributed by atoms with Gasteiger partial charge in [-0.3, -0.25) is 4.79 Å². The van der Waals surface area contributed by atoms with Crippen molar-refractivity contribution in [2.45, 2.75) is 33.6 Å². The zero-order chi connectivity index (χ0) is 10.4. The molecule has 0 saturated heterocycles. The Balaban J connectivity index is 4.47. The molecule has 0 fully saturated rings. The van der Waals surface area contributed by atoms with Crippen molar-refractivity contribution in [3.63, 3.8) is 0 Å². The summed E-state index contributed by atoms with van der Waals surface area (Å²) in [6.45, 7) is 6.41.